The summed E-state index contributed by atoms with van der Waals surface area (Å²) in [6, 6.07) is 51.6. The van der Waals surface area contributed by atoms with Gasteiger partial charge in [-0.25, -0.2) is 9.97 Å². The van der Waals surface area contributed by atoms with Crippen LogP contribution < -0.4 is 0 Å². The third kappa shape index (κ3) is 3.15. The maximum atomic E-state index is 6.68. The fourth-order valence-electron chi connectivity index (χ4n) is 8.44. The van der Waals surface area contributed by atoms with Gasteiger partial charge >= 0.3 is 0 Å². The lowest BCUT2D eigenvalue weighted by Gasteiger charge is -2.11. The molecule has 0 saturated carbocycles. The SMILES string of the molecule is c1ccc(-c2nc(-n3c4ccccc4c4cc5c6c7ccccc7ccc6n6c7ccccc7c(c43)c56)c3oc4ccccc4c3n2)cc1. The zero-order valence-corrected chi connectivity index (χ0v) is 26.1. The van der Waals surface area contributed by atoms with E-state index in [9.17, 15) is 0 Å². The van der Waals surface area contributed by atoms with Crippen LogP contribution in [0.15, 0.2) is 150 Å². The van der Waals surface area contributed by atoms with Crippen molar-refractivity contribution in [3.05, 3.63) is 146 Å². The summed E-state index contributed by atoms with van der Waals surface area (Å²) in [5.41, 5.74) is 9.07. The summed E-state index contributed by atoms with van der Waals surface area (Å²) in [6.45, 7) is 0. The lowest BCUT2D eigenvalue weighted by atomic mass is 10.00. The highest BCUT2D eigenvalue weighted by Crippen LogP contribution is 2.48. The largest absolute Gasteiger partial charge is 0.450 e. The van der Waals surface area contributed by atoms with Gasteiger partial charge in [0, 0.05) is 43.3 Å². The van der Waals surface area contributed by atoms with E-state index in [1.165, 1.54) is 59.6 Å². The first-order chi connectivity index (χ1) is 24.3. The first kappa shape index (κ1) is 25.4. The summed E-state index contributed by atoms with van der Waals surface area (Å²) in [7, 11) is 0. The van der Waals surface area contributed by atoms with Crippen molar-refractivity contribution < 1.29 is 4.42 Å². The minimum absolute atomic E-state index is 0.666. The van der Waals surface area contributed by atoms with Gasteiger partial charge < -0.3 is 8.82 Å². The lowest BCUT2D eigenvalue weighted by molar-refractivity contribution is 0.662. The standard InChI is InChI=1S/C44H24N4O/c1-2-13-26(14-3-1)43-45-39-30-18-8-11-21-36(30)49-42(39)44(46-43)48-33-19-9-6-16-28(33)31-24-32-37-27-15-5-4-12-25(27)22-23-35(37)47-34-20-10-7-17-29(34)38(40(31)48)41(32)47/h1-24H. The number of nitrogens with zero attached hydrogens (tertiary/aromatic N) is 4. The fraction of sp³-hybridized carbons (Fsp3) is 0. The van der Waals surface area contributed by atoms with Gasteiger partial charge in [-0.3, -0.25) is 4.57 Å². The maximum absolute atomic E-state index is 6.68. The molecule has 0 aliphatic heterocycles. The van der Waals surface area contributed by atoms with Gasteiger partial charge in [0.15, 0.2) is 17.2 Å². The number of hydrogen-bond acceptors (Lipinski definition) is 3. The Balaban J connectivity index is 1.36. The molecule has 226 valence electrons. The molecular formula is C44H24N4O. The van der Waals surface area contributed by atoms with Crippen LogP contribution in [0.2, 0.25) is 0 Å². The van der Waals surface area contributed by atoms with Gasteiger partial charge in [0.1, 0.15) is 11.1 Å². The van der Waals surface area contributed by atoms with E-state index in [2.05, 4.69) is 118 Å². The Morgan fingerprint density at radius 1 is 0.469 bits per heavy atom. The third-order valence-corrected chi connectivity index (χ3v) is 10.4. The predicted octanol–water partition coefficient (Wildman–Crippen LogP) is 11.4. The topological polar surface area (TPSA) is 48.3 Å². The Bertz CT molecular complexity index is 3330. The predicted molar refractivity (Wildman–Crippen MR) is 201 cm³/mol. The number of rotatable bonds is 2. The molecule has 5 heterocycles. The fourth-order valence-corrected chi connectivity index (χ4v) is 8.44. The second kappa shape index (κ2) is 9.00. The summed E-state index contributed by atoms with van der Waals surface area (Å²) in [6.07, 6.45) is 0. The van der Waals surface area contributed by atoms with E-state index in [0.29, 0.717) is 11.4 Å². The molecule has 0 N–H and O–H groups in total. The normalized spacial score (nSPS) is 12.5. The molecule has 49 heavy (non-hydrogen) atoms. The van der Waals surface area contributed by atoms with Crippen LogP contribution in [0.1, 0.15) is 0 Å². The maximum Gasteiger partial charge on any atom is 0.197 e. The van der Waals surface area contributed by atoms with Gasteiger partial charge in [-0.1, -0.05) is 109 Å². The number of aromatic nitrogens is 4. The molecule has 5 heteroatoms. The number of hydrogen-bond donors (Lipinski definition) is 0. The van der Waals surface area contributed by atoms with Crippen molar-refractivity contribution in [3.63, 3.8) is 0 Å². The molecule has 0 fully saturated rings. The molecule has 0 aliphatic rings. The number of benzene rings is 7. The van der Waals surface area contributed by atoms with Gasteiger partial charge in [-0.05, 0) is 47.2 Å². The van der Waals surface area contributed by atoms with Crippen molar-refractivity contribution in [2.45, 2.75) is 0 Å². The van der Waals surface area contributed by atoms with E-state index >= 15 is 0 Å². The average molecular weight is 625 g/mol. The second-order valence-electron chi connectivity index (χ2n) is 12.9. The number of furan rings is 1. The van der Waals surface area contributed by atoms with Crippen molar-refractivity contribution in [2.75, 3.05) is 0 Å². The quantitative estimate of drug-likeness (QED) is 0.192. The lowest BCUT2D eigenvalue weighted by Crippen LogP contribution is -2.02. The zero-order valence-electron chi connectivity index (χ0n) is 26.1. The van der Waals surface area contributed by atoms with Crippen LogP contribution in [0.5, 0.6) is 0 Å². The number of para-hydroxylation sites is 3. The molecule has 5 aromatic heterocycles. The van der Waals surface area contributed by atoms with E-state index in [4.69, 9.17) is 14.4 Å². The zero-order chi connectivity index (χ0) is 31.8. The summed E-state index contributed by atoms with van der Waals surface area (Å²) >= 11 is 0. The monoisotopic (exact) mass is 624 g/mol. The summed E-state index contributed by atoms with van der Waals surface area (Å²) in [4.78, 5) is 10.5. The van der Waals surface area contributed by atoms with Crippen LogP contribution in [0.3, 0.4) is 0 Å². The van der Waals surface area contributed by atoms with Crippen molar-refractivity contribution >= 4 is 92.7 Å². The summed E-state index contributed by atoms with van der Waals surface area (Å²) in [5.74, 6) is 1.40. The molecule has 0 bridgehead atoms. The molecule has 0 amide bonds. The molecule has 0 unspecified atom stereocenters. The molecule has 0 saturated heterocycles. The Morgan fingerprint density at radius 3 is 2.06 bits per heavy atom. The van der Waals surface area contributed by atoms with Crippen molar-refractivity contribution in [3.8, 4) is 17.2 Å². The van der Waals surface area contributed by atoms with E-state index in [-0.39, 0.29) is 0 Å². The Kier molecular flexibility index (Phi) is 4.66. The van der Waals surface area contributed by atoms with Crippen molar-refractivity contribution in [1.29, 1.82) is 0 Å². The highest BCUT2D eigenvalue weighted by molar-refractivity contribution is 6.36. The van der Waals surface area contributed by atoms with Crippen LogP contribution in [0.4, 0.5) is 0 Å². The molecule has 0 radical (unpaired) electrons. The van der Waals surface area contributed by atoms with Gasteiger partial charge in [-0.2, -0.15) is 0 Å². The van der Waals surface area contributed by atoms with E-state index in [1.807, 2.05) is 36.4 Å². The van der Waals surface area contributed by atoms with Crippen LogP contribution in [0.25, 0.3) is 110 Å². The highest BCUT2D eigenvalue weighted by Gasteiger charge is 2.27. The third-order valence-electron chi connectivity index (χ3n) is 10.4. The van der Waals surface area contributed by atoms with Gasteiger partial charge in [0.25, 0.3) is 0 Å². The molecule has 7 aromatic carbocycles. The molecule has 0 atom stereocenters. The average Bonchev–Trinajstić information content (AvgIpc) is 3.90. The van der Waals surface area contributed by atoms with E-state index in [0.717, 1.165) is 38.9 Å². The van der Waals surface area contributed by atoms with Crippen LogP contribution >= 0.6 is 0 Å². The molecule has 0 spiro atoms. The Labute approximate surface area is 278 Å². The summed E-state index contributed by atoms with van der Waals surface area (Å²) < 4.78 is 11.5. The molecule has 0 aliphatic carbocycles. The van der Waals surface area contributed by atoms with Crippen LogP contribution in [-0.4, -0.2) is 18.9 Å². The van der Waals surface area contributed by atoms with E-state index < -0.39 is 0 Å². The first-order valence-electron chi connectivity index (χ1n) is 16.6. The van der Waals surface area contributed by atoms with Crippen molar-refractivity contribution in [1.82, 2.24) is 18.9 Å². The summed E-state index contributed by atoms with van der Waals surface area (Å²) in [5, 5.41) is 10.8. The minimum atomic E-state index is 0.666. The van der Waals surface area contributed by atoms with Gasteiger partial charge in [0.05, 0.1) is 27.6 Å². The van der Waals surface area contributed by atoms with Crippen LogP contribution in [-0.2, 0) is 0 Å². The van der Waals surface area contributed by atoms with Gasteiger partial charge in [0.2, 0.25) is 0 Å². The molecule has 12 rings (SSSR count). The number of fused-ring (bicyclic) bond motifs is 15. The second-order valence-corrected chi connectivity index (χ2v) is 12.9. The van der Waals surface area contributed by atoms with Crippen LogP contribution in [0, 0.1) is 0 Å². The minimum Gasteiger partial charge on any atom is -0.450 e. The molecule has 5 nitrogen and oxygen atoms in total. The smallest absolute Gasteiger partial charge is 0.197 e. The van der Waals surface area contributed by atoms with E-state index in [1.54, 1.807) is 0 Å². The molecule has 12 aromatic rings. The Hall–Kier alpha value is -6.72. The van der Waals surface area contributed by atoms with Gasteiger partial charge in [-0.15, -0.1) is 0 Å². The first-order valence-corrected chi connectivity index (χ1v) is 16.6. The molecular weight excluding hydrogens is 601 g/mol. The van der Waals surface area contributed by atoms with Crippen molar-refractivity contribution in [2.24, 2.45) is 0 Å². The Morgan fingerprint density at radius 2 is 1.18 bits per heavy atom. The highest BCUT2D eigenvalue weighted by atomic mass is 16.3.